The summed E-state index contributed by atoms with van der Waals surface area (Å²) in [6.07, 6.45) is -7.25. The lowest BCUT2D eigenvalue weighted by Gasteiger charge is -2.39. The van der Waals surface area contributed by atoms with E-state index >= 15 is 0 Å². The van der Waals surface area contributed by atoms with Gasteiger partial charge in [-0.25, -0.2) is 4.98 Å². The number of oxazole rings is 1. The molecule has 1 aromatic heterocycles. The first-order valence-electron chi connectivity index (χ1n) is 9.85. The second-order valence-electron chi connectivity index (χ2n) is 7.36. The molecule has 12 heteroatoms. The number of hydrogen-bond acceptors (Lipinski definition) is 9. The molecule has 5 atom stereocenters. The van der Waals surface area contributed by atoms with Crippen molar-refractivity contribution in [2.45, 2.75) is 30.7 Å². The lowest BCUT2D eigenvalue weighted by molar-refractivity contribution is -0.299. The third-order valence-electron chi connectivity index (χ3n) is 5.08. The average molecular weight is 499 g/mol. The molecule has 1 saturated heterocycles. The van der Waals surface area contributed by atoms with Gasteiger partial charge in [-0.2, -0.15) is 0 Å². The number of aromatic nitrogens is 1. The quantitative estimate of drug-likeness (QED) is 0.340. The van der Waals surface area contributed by atoms with Crippen LogP contribution in [0.3, 0.4) is 0 Å². The van der Waals surface area contributed by atoms with Crippen LogP contribution in [0.1, 0.15) is 0 Å². The number of aliphatic hydroxyl groups excluding tert-OH is 4. The molecular weight excluding hydrogens is 479 g/mol. The Hall–Kier alpha value is -2.28. The molecule has 2 heterocycles. The fourth-order valence-electron chi connectivity index (χ4n) is 3.35. The molecule has 0 unspecified atom stereocenters. The van der Waals surface area contributed by atoms with Crippen LogP contribution < -0.4 is 5.32 Å². The maximum atomic E-state index is 12.3. The molecule has 1 aliphatic heterocycles. The van der Waals surface area contributed by atoms with Crippen LogP contribution in [0.4, 0.5) is 5.69 Å². The van der Waals surface area contributed by atoms with Gasteiger partial charge in [-0.3, -0.25) is 4.79 Å². The molecule has 1 aliphatic rings. The summed E-state index contributed by atoms with van der Waals surface area (Å²) in [6, 6.07) is 9.90. The van der Waals surface area contributed by atoms with Crippen LogP contribution >= 0.6 is 23.2 Å². The molecule has 0 radical (unpaired) electrons. The zero-order valence-electron chi connectivity index (χ0n) is 16.9. The van der Waals surface area contributed by atoms with Crippen LogP contribution in [0.15, 0.2) is 40.8 Å². The number of fused-ring (bicyclic) bond motifs is 1. The highest BCUT2D eigenvalue weighted by Crippen LogP contribution is 2.35. The molecule has 0 aliphatic carbocycles. The molecule has 0 spiro atoms. The number of rotatable bonds is 6. The van der Waals surface area contributed by atoms with Crippen molar-refractivity contribution in [2.24, 2.45) is 0 Å². The largest absolute Gasteiger partial charge is 0.436 e. The van der Waals surface area contributed by atoms with Crippen molar-refractivity contribution < 1.29 is 39.1 Å². The first-order valence-corrected chi connectivity index (χ1v) is 10.6. The Bertz CT molecular complexity index is 1150. The topological polar surface area (TPSA) is 155 Å². The standard InChI is InChI=1S/C21H20Cl2N2O8/c22-11-3-1-2-10(16(11)23)20-25-12-6-9(4-5-13(12)32-20)24-15(27)8-31-21-19(30)18(29)17(28)14(7-26)33-21/h1-6,14,17-19,21,26,28-30H,7-8H2,(H,24,27)/t14-,17-,18+,19-,21-/m1/s1. The highest BCUT2D eigenvalue weighted by atomic mass is 35.5. The van der Waals surface area contributed by atoms with Crippen molar-refractivity contribution in [3.8, 4) is 11.5 Å². The van der Waals surface area contributed by atoms with Crippen molar-refractivity contribution in [1.29, 1.82) is 0 Å². The van der Waals surface area contributed by atoms with Crippen LogP contribution in [0, 0.1) is 0 Å². The lowest BCUT2D eigenvalue weighted by Crippen LogP contribution is -2.59. The van der Waals surface area contributed by atoms with Crippen molar-refractivity contribution in [3.05, 3.63) is 46.4 Å². The van der Waals surface area contributed by atoms with E-state index in [1.54, 1.807) is 36.4 Å². The fraction of sp³-hybridized carbons (Fsp3) is 0.333. The third-order valence-corrected chi connectivity index (χ3v) is 5.90. The number of nitrogens with zero attached hydrogens (tertiary/aromatic N) is 1. The number of carbonyl (C=O) groups excluding carboxylic acids is 1. The molecule has 5 N–H and O–H groups in total. The zero-order valence-corrected chi connectivity index (χ0v) is 18.4. The molecule has 1 fully saturated rings. The summed E-state index contributed by atoms with van der Waals surface area (Å²) in [7, 11) is 0. The Kier molecular flexibility index (Phi) is 7.17. The van der Waals surface area contributed by atoms with Crippen LogP contribution in [-0.4, -0.2) is 75.2 Å². The second-order valence-corrected chi connectivity index (χ2v) is 8.14. The summed E-state index contributed by atoms with van der Waals surface area (Å²) < 4.78 is 16.2. The number of nitrogens with one attached hydrogen (secondary N) is 1. The van der Waals surface area contributed by atoms with E-state index in [1.165, 1.54) is 0 Å². The minimum Gasteiger partial charge on any atom is -0.436 e. The van der Waals surface area contributed by atoms with Gasteiger partial charge in [0.25, 0.3) is 0 Å². The van der Waals surface area contributed by atoms with Gasteiger partial charge in [-0.1, -0.05) is 29.3 Å². The van der Waals surface area contributed by atoms with Gasteiger partial charge < -0.3 is 39.6 Å². The number of halogens is 2. The number of anilines is 1. The lowest BCUT2D eigenvalue weighted by atomic mass is 9.99. The number of benzene rings is 2. The molecule has 0 saturated carbocycles. The Morgan fingerprint density at radius 2 is 1.91 bits per heavy atom. The Morgan fingerprint density at radius 1 is 1.12 bits per heavy atom. The van der Waals surface area contributed by atoms with Gasteiger partial charge in [-0.05, 0) is 30.3 Å². The zero-order chi connectivity index (χ0) is 23.7. The molecule has 1 amide bonds. The first-order chi connectivity index (χ1) is 15.8. The molecule has 4 rings (SSSR count). The van der Waals surface area contributed by atoms with Gasteiger partial charge in [0.15, 0.2) is 11.9 Å². The van der Waals surface area contributed by atoms with Gasteiger partial charge >= 0.3 is 0 Å². The van der Waals surface area contributed by atoms with Crippen molar-refractivity contribution in [2.75, 3.05) is 18.5 Å². The predicted octanol–water partition coefficient (Wildman–Crippen LogP) is 1.56. The molecule has 176 valence electrons. The summed E-state index contributed by atoms with van der Waals surface area (Å²) in [6.45, 7) is -1.12. The van der Waals surface area contributed by atoms with Gasteiger partial charge in [0.1, 0.15) is 36.5 Å². The maximum Gasteiger partial charge on any atom is 0.250 e. The van der Waals surface area contributed by atoms with E-state index in [1.807, 2.05) is 0 Å². The SMILES string of the molecule is O=C(CO[C@@H]1O[C@H](CO)[C@@H](O)[C@H](O)[C@H]1O)Nc1ccc2oc(-c3cccc(Cl)c3Cl)nc2c1. The first kappa shape index (κ1) is 23.9. The number of carbonyl (C=O) groups is 1. The van der Waals surface area contributed by atoms with Crippen molar-refractivity contribution in [3.63, 3.8) is 0 Å². The number of amides is 1. The average Bonchev–Trinajstić information content (AvgIpc) is 3.22. The van der Waals surface area contributed by atoms with E-state index in [-0.39, 0.29) is 5.89 Å². The molecule has 10 nitrogen and oxygen atoms in total. The fourth-order valence-corrected chi connectivity index (χ4v) is 3.73. The smallest absolute Gasteiger partial charge is 0.250 e. The highest BCUT2D eigenvalue weighted by molar-refractivity contribution is 6.43. The number of ether oxygens (including phenoxy) is 2. The van der Waals surface area contributed by atoms with Crippen LogP contribution in [0.25, 0.3) is 22.6 Å². The molecule has 33 heavy (non-hydrogen) atoms. The predicted molar refractivity (Wildman–Crippen MR) is 118 cm³/mol. The van der Waals surface area contributed by atoms with Crippen molar-refractivity contribution >= 4 is 45.9 Å². The van der Waals surface area contributed by atoms with Crippen LogP contribution in [0.2, 0.25) is 10.0 Å². The highest BCUT2D eigenvalue weighted by Gasteiger charge is 2.44. The van der Waals surface area contributed by atoms with Crippen molar-refractivity contribution in [1.82, 2.24) is 4.98 Å². The summed E-state index contributed by atoms with van der Waals surface area (Å²) >= 11 is 12.3. The summed E-state index contributed by atoms with van der Waals surface area (Å²) in [5.41, 5.74) is 1.87. The van der Waals surface area contributed by atoms with E-state index in [0.29, 0.717) is 32.4 Å². The van der Waals surface area contributed by atoms with E-state index in [9.17, 15) is 25.2 Å². The van der Waals surface area contributed by atoms with E-state index in [0.717, 1.165) is 0 Å². The molecule has 2 aromatic carbocycles. The maximum absolute atomic E-state index is 12.3. The minimum absolute atomic E-state index is 0.270. The van der Waals surface area contributed by atoms with Gasteiger partial charge in [0.2, 0.25) is 11.8 Å². The summed E-state index contributed by atoms with van der Waals surface area (Å²) in [5, 5.41) is 42.0. The van der Waals surface area contributed by atoms with Crippen LogP contribution in [-0.2, 0) is 14.3 Å². The Balaban J connectivity index is 1.41. The second kappa shape index (κ2) is 9.92. The van der Waals surface area contributed by atoms with Gasteiger partial charge in [0.05, 0.1) is 22.2 Å². The monoisotopic (exact) mass is 498 g/mol. The number of aliphatic hydroxyl groups is 4. The van der Waals surface area contributed by atoms with E-state index < -0.39 is 49.8 Å². The number of hydrogen-bond donors (Lipinski definition) is 5. The minimum atomic E-state index is -1.60. The van der Waals surface area contributed by atoms with Gasteiger partial charge in [-0.15, -0.1) is 0 Å². The Labute approximate surface area is 197 Å². The van der Waals surface area contributed by atoms with E-state index in [2.05, 4.69) is 10.3 Å². The Morgan fingerprint density at radius 3 is 2.67 bits per heavy atom. The summed E-state index contributed by atoms with van der Waals surface area (Å²) in [4.78, 5) is 16.7. The summed E-state index contributed by atoms with van der Waals surface area (Å²) in [5.74, 6) is -0.306. The third kappa shape index (κ3) is 4.98. The molecule has 0 bridgehead atoms. The molecule has 3 aromatic rings. The van der Waals surface area contributed by atoms with Gasteiger partial charge in [0, 0.05) is 5.69 Å². The van der Waals surface area contributed by atoms with E-state index in [4.69, 9.17) is 37.1 Å². The normalized spacial score (nSPS) is 25.3. The van der Waals surface area contributed by atoms with Crippen LogP contribution in [0.5, 0.6) is 0 Å². The molecular formula is C21H20Cl2N2O8.